The van der Waals surface area contributed by atoms with Crippen LogP contribution in [0.25, 0.3) is 0 Å². The van der Waals surface area contributed by atoms with Crippen molar-refractivity contribution in [3.05, 3.63) is 0 Å². The minimum atomic E-state index is 0.255. The first-order chi connectivity index (χ1) is 5.56. The van der Waals surface area contributed by atoms with E-state index in [4.69, 9.17) is 5.11 Å². The summed E-state index contributed by atoms with van der Waals surface area (Å²) in [5.41, 5.74) is 0. The average Bonchev–Trinajstić information content (AvgIpc) is 1.97. The van der Waals surface area contributed by atoms with E-state index in [9.17, 15) is 0 Å². The number of nitrogens with one attached hydrogen (secondary N) is 1. The monoisotopic (exact) mass is 173 g/mol. The fourth-order valence-corrected chi connectivity index (χ4v) is 1.19. The van der Waals surface area contributed by atoms with Crippen LogP contribution < -0.4 is 5.32 Å². The fourth-order valence-electron chi connectivity index (χ4n) is 1.19. The van der Waals surface area contributed by atoms with Gasteiger partial charge in [-0.3, -0.25) is 0 Å². The Morgan fingerprint density at radius 3 is 2.00 bits per heavy atom. The lowest BCUT2D eigenvalue weighted by Crippen LogP contribution is -2.36. The van der Waals surface area contributed by atoms with Crippen LogP contribution in [-0.4, -0.2) is 24.3 Å². The zero-order valence-electron chi connectivity index (χ0n) is 8.80. The molecule has 0 aromatic heterocycles. The van der Waals surface area contributed by atoms with Crippen LogP contribution in [0.3, 0.4) is 0 Å². The van der Waals surface area contributed by atoms with Crippen molar-refractivity contribution < 1.29 is 5.11 Å². The first-order valence-electron chi connectivity index (χ1n) is 4.90. The van der Waals surface area contributed by atoms with Crippen LogP contribution in [0.15, 0.2) is 0 Å². The van der Waals surface area contributed by atoms with E-state index in [1.807, 2.05) is 0 Å². The molecule has 0 amide bonds. The van der Waals surface area contributed by atoms with E-state index in [-0.39, 0.29) is 12.6 Å². The second-order valence-electron chi connectivity index (χ2n) is 4.31. The molecule has 74 valence electrons. The van der Waals surface area contributed by atoms with Gasteiger partial charge in [0.1, 0.15) is 0 Å². The molecule has 0 fully saturated rings. The highest BCUT2D eigenvalue weighted by Crippen LogP contribution is 2.04. The van der Waals surface area contributed by atoms with Crippen molar-refractivity contribution in [3.8, 4) is 0 Å². The SMILES string of the molecule is CC(C)CN[C@@H](CO)CC(C)C. The maximum absolute atomic E-state index is 9.03. The van der Waals surface area contributed by atoms with Gasteiger partial charge >= 0.3 is 0 Å². The highest BCUT2D eigenvalue weighted by molar-refractivity contribution is 4.67. The molecule has 2 nitrogen and oxygen atoms in total. The maximum Gasteiger partial charge on any atom is 0.0584 e. The Balaban J connectivity index is 3.53. The zero-order chi connectivity index (χ0) is 9.56. The van der Waals surface area contributed by atoms with Crippen LogP contribution in [0.2, 0.25) is 0 Å². The predicted octanol–water partition coefficient (Wildman–Crippen LogP) is 1.64. The molecule has 0 unspecified atom stereocenters. The summed E-state index contributed by atoms with van der Waals surface area (Å²) in [7, 11) is 0. The van der Waals surface area contributed by atoms with Gasteiger partial charge in [0.15, 0.2) is 0 Å². The van der Waals surface area contributed by atoms with Crippen LogP contribution in [0.5, 0.6) is 0 Å². The summed E-state index contributed by atoms with van der Waals surface area (Å²) in [4.78, 5) is 0. The van der Waals surface area contributed by atoms with Crippen LogP contribution in [0.1, 0.15) is 34.1 Å². The lowest BCUT2D eigenvalue weighted by molar-refractivity contribution is 0.221. The fraction of sp³-hybridized carbons (Fsp3) is 1.00. The Hall–Kier alpha value is -0.0800. The Kier molecular flexibility index (Phi) is 6.39. The Morgan fingerprint density at radius 2 is 1.67 bits per heavy atom. The molecule has 0 saturated carbocycles. The van der Waals surface area contributed by atoms with Crippen molar-refractivity contribution in [2.45, 2.75) is 40.2 Å². The van der Waals surface area contributed by atoms with Crippen molar-refractivity contribution in [3.63, 3.8) is 0 Å². The number of aliphatic hydroxyl groups excluding tert-OH is 1. The first kappa shape index (κ1) is 11.9. The Morgan fingerprint density at radius 1 is 1.08 bits per heavy atom. The van der Waals surface area contributed by atoms with E-state index < -0.39 is 0 Å². The molecule has 0 aliphatic rings. The van der Waals surface area contributed by atoms with E-state index in [0.717, 1.165) is 13.0 Å². The molecule has 0 radical (unpaired) electrons. The second kappa shape index (κ2) is 6.44. The topological polar surface area (TPSA) is 32.3 Å². The smallest absolute Gasteiger partial charge is 0.0584 e. The van der Waals surface area contributed by atoms with Crippen LogP contribution in [-0.2, 0) is 0 Å². The van der Waals surface area contributed by atoms with Gasteiger partial charge in [0.2, 0.25) is 0 Å². The molecule has 1 atom stereocenters. The molecule has 12 heavy (non-hydrogen) atoms. The van der Waals surface area contributed by atoms with Gasteiger partial charge in [-0.25, -0.2) is 0 Å². The van der Waals surface area contributed by atoms with E-state index in [0.29, 0.717) is 11.8 Å². The van der Waals surface area contributed by atoms with Gasteiger partial charge in [-0.1, -0.05) is 27.7 Å². The molecule has 2 heteroatoms. The summed E-state index contributed by atoms with van der Waals surface area (Å²) >= 11 is 0. The lowest BCUT2D eigenvalue weighted by atomic mass is 10.0. The molecule has 0 bridgehead atoms. The summed E-state index contributed by atoms with van der Waals surface area (Å²) in [6, 6.07) is 0.285. The summed E-state index contributed by atoms with van der Waals surface area (Å²) in [5.74, 6) is 1.31. The van der Waals surface area contributed by atoms with E-state index in [1.54, 1.807) is 0 Å². The minimum absolute atomic E-state index is 0.255. The molecule has 0 spiro atoms. The second-order valence-corrected chi connectivity index (χ2v) is 4.31. The molecule has 2 N–H and O–H groups in total. The van der Waals surface area contributed by atoms with E-state index in [1.165, 1.54) is 0 Å². The molecular weight excluding hydrogens is 150 g/mol. The van der Waals surface area contributed by atoms with Gasteiger partial charge in [-0.15, -0.1) is 0 Å². The van der Waals surface area contributed by atoms with Gasteiger partial charge in [0, 0.05) is 6.04 Å². The number of rotatable bonds is 6. The third-order valence-corrected chi connectivity index (χ3v) is 1.79. The van der Waals surface area contributed by atoms with Crippen molar-refractivity contribution >= 4 is 0 Å². The van der Waals surface area contributed by atoms with E-state index >= 15 is 0 Å². The van der Waals surface area contributed by atoms with Crippen LogP contribution in [0, 0.1) is 11.8 Å². The maximum atomic E-state index is 9.03. The van der Waals surface area contributed by atoms with Gasteiger partial charge in [-0.05, 0) is 24.8 Å². The molecule has 0 rings (SSSR count). The standard InChI is InChI=1S/C10H23NO/c1-8(2)5-10(7-12)11-6-9(3)4/h8-12H,5-7H2,1-4H3/t10-/m1/s1. The molecule has 0 aromatic rings. The molecular formula is C10H23NO. The van der Waals surface area contributed by atoms with Crippen LogP contribution in [0.4, 0.5) is 0 Å². The van der Waals surface area contributed by atoms with Gasteiger partial charge < -0.3 is 10.4 Å². The highest BCUT2D eigenvalue weighted by atomic mass is 16.3. The molecule has 0 saturated heterocycles. The van der Waals surface area contributed by atoms with E-state index in [2.05, 4.69) is 33.0 Å². The predicted molar refractivity (Wildman–Crippen MR) is 53.2 cm³/mol. The molecule has 0 aliphatic heterocycles. The Labute approximate surface area is 76.4 Å². The molecule has 0 aromatic carbocycles. The van der Waals surface area contributed by atoms with Crippen molar-refractivity contribution in [2.75, 3.05) is 13.2 Å². The highest BCUT2D eigenvalue weighted by Gasteiger charge is 2.08. The van der Waals surface area contributed by atoms with Crippen molar-refractivity contribution in [1.82, 2.24) is 5.32 Å². The summed E-state index contributed by atoms with van der Waals surface area (Å²) < 4.78 is 0. The zero-order valence-corrected chi connectivity index (χ0v) is 8.80. The molecule has 0 heterocycles. The molecule has 0 aliphatic carbocycles. The summed E-state index contributed by atoms with van der Waals surface area (Å²) in [6.45, 7) is 9.97. The van der Waals surface area contributed by atoms with Gasteiger partial charge in [0.05, 0.1) is 6.61 Å². The van der Waals surface area contributed by atoms with Crippen molar-refractivity contribution in [2.24, 2.45) is 11.8 Å². The number of aliphatic hydroxyl groups is 1. The average molecular weight is 173 g/mol. The largest absolute Gasteiger partial charge is 0.395 e. The third kappa shape index (κ3) is 6.62. The quantitative estimate of drug-likeness (QED) is 0.640. The Bertz CT molecular complexity index is 102. The van der Waals surface area contributed by atoms with Gasteiger partial charge in [-0.2, -0.15) is 0 Å². The minimum Gasteiger partial charge on any atom is -0.395 e. The number of hydrogen-bond donors (Lipinski definition) is 2. The van der Waals surface area contributed by atoms with Crippen LogP contribution >= 0.6 is 0 Å². The van der Waals surface area contributed by atoms with Crippen molar-refractivity contribution in [1.29, 1.82) is 0 Å². The number of hydrogen-bond acceptors (Lipinski definition) is 2. The van der Waals surface area contributed by atoms with Gasteiger partial charge in [0.25, 0.3) is 0 Å². The lowest BCUT2D eigenvalue weighted by Gasteiger charge is -2.19. The summed E-state index contributed by atoms with van der Waals surface area (Å²) in [5, 5.41) is 12.4. The normalized spacial score (nSPS) is 14.2. The summed E-state index contributed by atoms with van der Waals surface area (Å²) in [6.07, 6.45) is 1.06. The third-order valence-electron chi connectivity index (χ3n) is 1.79. The first-order valence-corrected chi connectivity index (χ1v) is 4.90.